The first kappa shape index (κ1) is 21.9. The molecule has 1 saturated heterocycles. The minimum Gasteiger partial charge on any atom is -0.493 e. The summed E-state index contributed by atoms with van der Waals surface area (Å²) in [5.74, 6) is 3.82. The zero-order valence-corrected chi connectivity index (χ0v) is 19.2. The van der Waals surface area contributed by atoms with Crippen LogP contribution in [0.2, 0.25) is 0 Å². The molecule has 0 bridgehead atoms. The van der Waals surface area contributed by atoms with Gasteiger partial charge in [-0.3, -0.25) is 4.79 Å². The predicted octanol–water partition coefficient (Wildman–Crippen LogP) is 4.27. The average molecular weight is 446 g/mol. The molecule has 4 rings (SSSR count). The Morgan fingerprint density at radius 1 is 1.19 bits per heavy atom. The number of carbonyl (C=O) groups excluding carboxylic acids is 1. The van der Waals surface area contributed by atoms with Crippen LogP contribution in [-0.2, 0) is 16.4 Å². The van der Waals surface area contributed by atoms with Crippen molar-refractivity contribution in [2.24, 2.45) is 11.8 Å². The first-order valence-electron chi connectivity index (χ1n) is 11.0. The van der Waals surface area contributed by atoms with Crippen LogP contribution in [0.5, 0.6) is 5.75 Å². The third-order valence-corrected chi connectivity index (χ3v) is 7.83. The lowest BCUT2D eigenvalue weighted by molar-refractivity contribution is 0.0665. The van der Waals surface area contributed by atoms with Gasteiger partial charge in [0.05, 0.1) is 24.7 Å². The molecule has 1 aliphatic carbocycles. The number of sulfone groups is 1. The quantitative estimate of drug-likeness (QED) is 0.607. The molecule has 7 heteroatoms. The maximum atomic E-state index is 13.4. The lowest BCUT2D eigenvalue weighted by atomic mass is 10.1. The van der Waals surface area contributed by atoms with E-state index in [9.17, 15) is 13.2 Å². The van der Waals surface area contributed by atoms with E-state index in [-0.39, 0.29) is 30.0 Å². The summed E-state index contributed by atoms with van der Waals surface area (Å²) in [5.41, 5.74) is 0.517. The fraction of sp³-hybridized carbons (Fsp3) is 0.542. The van der Waals surface area contributed by atoms with E-state index < -0.39 is 9.84 Å². The highest BCUT2D eigenvalue weighted by molar-refractivity contribution is 7.91. The Hall–Kier alpha value is -2.28. The van der Waals surface area contributed by atoms with Gasteiger partial charge in [-0.2, -0.15) is 0 Å². The van der Waals surface area contributed by atoms with Crippen LogP contribution in [0.4, 0.5) is 0 Å². The molecular weight excluding hydrogens is 414 g/mol. The average Bonchev–Trinajstić information content (AvgIpc) is 3.11. The molecule has 0 spiro atoms. The fourth-order valence-corrected chi connectivity index (χ4v) is 5.81. The van der Waals surface area contributed by atoms with Gasteiger partial charge >= 0.3 is 0 Å². The number of rotatable bonds is 8. The molecule has 2 fully saturated rings. The van der Waals surface area contributed by atoms with Gasteiger partial charge in [0.25, 0.3) is 5.91 Å². The Labute approximate surface area is 184 Å². The SMILES string of the molecule is CC(C)COc1ccc(C(=O)N(Cc2ccc(C3CC3C)o2)C2CCS(=O)(=O)C2)cc1. The molecule has 2 heterocycles. The molecule has 1 saturated carbocycles. The molecule has 3 atom stereocenters. The van der Waals surface area contributed by atoms with Crippen molar-refractivity contribution in [3.8, 4) is 5.75 Å². The molecule has 2 aromatic rings. The second-order valence-electron chi connectivity index (χ2n) is 9.34. The Morgan fingerprint density at radius 2 is 1.90 bits per heavy atom. The molecule has 0 N–H and O–H groups in total. The maximum absolute atomic E-state index is 13.4. The van der Waals surface area contributed by atoms with Gasteiger partial charge < -0.3 is 14.1 Å². The van der Waals surface area contributed by atoms with E-state index in [1.807, 2.05) is 12.1 Å². The summed E-state index contributed by atoms with van der Waals surface area (Å²) in [5, 5.41) is 0. The minimum atomic E-state index is -3.12. The number of amides is 1. The second kappa shape index (κ2) is 8.69. The Kier molecular flexibility index (Phi) is 6.15. The molecule has 31 heavy (non-hydrogen) atoms. The van der Waals surface area contributed by atoms with Gasteiger partial charge in [0, 0.05) is 17.5 Å². The van der Waals surface area contributed by atoms with Gasteiger partial charge in [-0.25, -0.2) is 8.42 Å². The van der Waals surface area contributed by atoms with Gasteiger partial charge in [-0.15, -0.1) is 0 Å². The number of carbonyl (C=O) groups is 1. The summed E-state index contributed by atoms with van der Waals surface area (Å²) in [4.78, 5) is 15.0. The third kappa shape index (κ3) is 5.32. The molecule has 6 nitrogen and oxygen atoms in total. The molecule has 1 amide bonds. The normalized spacial score (nSPS) is 24.3. The zero-order chi connectivity index (χ0) is 22.2. The summed E-state index contributed by atoms with van der Waals surface area (Å²) < 4.78 is 35.9. The number of ether oxygens (including phenoxy) is 1. The number of hydrogen-bond donors (Lipinski definition) is 0. The molecule has 1 aliphatic heterocycles. The maximum Gasteiger partial charge on any atom is 0.254 e. The van der Waals surface area contributed by atoms with Crippen molar-refractivity contribution < 1.29 is 22.4 Å². The van der Waals surface area contributed by atoms with E-state index in [0.717, 1.165) is 17.9 Å². The molecule has 2 aliphatic rings. The van der Waals surface area contributed by atoms with Crippen LogP contribution in [0.3, 0.4) is 0 Å². The highest BCUT2D eigenvalue weighted by atomic mass is 32.2. The Balaban J connectivity index is 1.52. The smallest absolute Gasteiger partial charge is 0.254 e. The molecular formula is C24H31NO5S. The highest BCUT2D eigenvalue weighted by Gasteiger charge is 2.38. The molecule has 1 aromatic carbocycles. The van der Waals surface area contributed by atoms with E-state index >= 15 is 0 Å². The van der Waals surface area contributed by atoms with E-state index in [1.165, 1.54) is 0 Å². The number of hydrogen-bond acceptors (Lipinski definition) is 5. The van der Waals surface area contributed by atoms with Gasteiger partial charge in [0.2, 0.25) is 0 Å². The van der Waals surface area contributed by atoms with E-state index in [2.05, 4.69) is 20.8 Å². The predicted molar refractivity (Wildman–Crippen MR) is 119 cm³/mol. The van der Waals surface area contributed by atoms with Crippen molar-refractivity contribution in [3.63, 3.8) is 0 Å². The van der Waals surface area contributed by atoms with Crippen LogP contribution in [0.25, 0.3) is 0 Å². The topological polar surface area (TPSA) is 76.8 Å². The Morgan fingerprint density at radius 3 is 2.48 bits per heavy atom. The summed E-state index contributed by atoms with van der Waals surface area (Å²) in [6.07, 6.45) is 1.58. The number of nitrogens with zero attached hydrogens (tertiary/aromatic N) is 1. The van der Waals surface area contributed by atoms with Crippen molar-refractivity contribution in [1.82, 2.24) is 4.90 Å². The van der Waals surface area contributed by atoms with Crippen LogP contribution < -0.4 is 4.74 Å². The first-order valence-corrected chi connectivity index (χ1v) is 12.9. The van der Waals surface area contributed by atoms with E-state index in [1.54, 1.807) is 29.2 Å². The minimum absolute atomic E-state index is 0.00154. The first-order chi connectivity index (χ1) is 14.7. The number of benzene rings is 1. The summed E-state index contributed by atoms with van der Waals surface area (Å²) in [6.45, 7) is 7.23. The van der Waals surface area contributed by atoms with Crippen molar-refractivity contribution in [2.75, 3.05) is 18.1 Å². The standard InChI is InChI=1S/C24H31NO5S/c1-16(2)14-29-20-6-4-18(5-7-20)24(26)25(19-10-11-31(27,28)15-19)13-21-8-9-23(30-21)22-12-17(22)3/h4-9,16-17,19,22H,10-15H2,1-3H3. The summed E-state index contributed by atoms with van der Waals surface area (Å²) in [7, 11) is -3.12. The molecule has 3 unspecified atom stereocenters. The lowest BCUT2D eigenvalue weighted by Gasteiger charge is -2.27. The van der Waals surface area contributed by atoms with Crippen molar-refractivity contribution in [3.05, 3.63) is 53.5 Å². The molecule has 168 valence electrons. The zero-order valence-electron chi connectivity index (χ0n) is 18.4. The monoisotopic (exact) mass is 445 g/mol. The van der Waals surface area contributed by atoms with Gasteiger partial charge in [0.15, 0.2) is 9.84 Å². The van der Waals surface area contributed by atoms with E-state index in [0.29, 0.717) is 42.1 Å². The van der Waals surface area contributed by atoms with Crippen molar-refractivity contribution in [1.29, 1.82) is 0 Å². The molecule has 0 radical (unpaired) electrons. The van der Waals surface area contributed by atoms with E-state index in [4.69, 9.17) is 9.15 Å². The van der Waals surface area contributed by atoms with Gasteiger partial charge in [-0.1, -0.05) is 20.8 Å². The Bertz CT molecular complexity index is 1020. The largest absolute Gasteiger partial charge is 0.493 e. The van der Waals surface area contributed by atoms with Gasteiger partial charge in [0.1, 0.15) is 17.3 Å². The van der Waals surface area contributed by atoms with Gasteiger partial charge in [-0.05, 0) is 61.1 Å². The summed E-state index contributed by atoms with van der Waals surface area (Å²) >= 11 is 0. The van der Waals surface area contributed by atoms with Crippen molar-refractivity contribution >= 4 is 15.7 Å². The van der Waals surface area contributed by atoms with Crippen LogP contribution >= 0.6 is 0 Å². The highest BCUT2D eigenvalue weighted by Crippen LogP contribution is 2.47. The third-order valence-electron chi connectivity index (χ3n) is 6.08. The van der Waals surface area contributed by atoms with Crippen LogP contribution in [0, 0.1) is 11.8 Å². The number of furan rings is 1. The van der Waals surface area contributed by atoms with Crippen LogP contribution in [0.1, 0.15) is 61.4 Å². The lowest BCUT2D eigenvalue weighted by Crippen LogP contribution is -2.40. The van der Waals surface area contributed by atoms with Crippen LogP contribution in [0.15, 0.2) is 40.8 Å². The van der Waals surface area contributed by atoms with Crippen molar-refractivity contribution in [2.45, 2.75) is 52.1 Å². The van der Waals surface area contributed by atoms with Crippen LogP contribution in [-0.4, -0.2) is 43.4 Å². The summed E-state index contributed by atoms with van der Waals surface area (Å²) in [6, 6.07) is 10.6. The molecule has 1 aromatic heterocycles. The second-order valence-corrected chi connectivity index (χ2v) is 11.6. The fourth-order valence-electron chi connectivity index (χ4n) is 4.08.